The topological polar surface area (TPSA) is 35.2 Å². The van der Waals surface area contributed by atoms with E-state index >= 15 is 0 Å². The van der Waals surface area contributed by atoms with E-state index in [0.29, 0.717) is 12.5 Å². The van der Waals surface area contributed by atoms with Crippen LogP contribution >= 0.6 is 0 Å². The van der Waals surface area contributed by atoms with Gasteiger partial charge in [-0.15, -0.1) is 0 Å². The molecule has 0 bridgehead atoms. The highest BCUT2D eigenvalue weighted by molar-refractivity contribution is 5.31. The summed E-state index contributed by atoms with van der Waals surface area (Å²) in [6.07, 6.45) is 2.52. The largest absolute Gasteiger partial charge is 0.489 e. The maximum atomic E-state index is 6.22. The maximum absolute atomic E-state index is 6.22. The van der Waals surface area contributed by atoms with Gasteiger partial charge in [0.25, 0.3) is 0 Å². The number of hydrogen-bond acceptors (Lipinski definition) is 2. The Morgan fingerprint density at radius 1 is 1.05 bits per heavy atom. The van der Waals surface area contributed by atoms with Gasteiger partial charge in [-0.1, -0.05) is 42.5 Å². The van der Waals surface area contributed by atoms with Crippen molar-refractivity contribution in [2.75, 3.05) is 0 Å². The molecule has 98 valence electrons. The van der Waals surface area contributed by atoms with E-state index in [0.717, 1.165) is 5.75 Å². The molecule has 1 atom stereocenters. The van der Waals surface area contributed by atoms with Gasteiger partial charge in [0.15, 0.2) is 0 Å². The second-order valence-corrected chi connectivity index (χ2v) is 5.21. The van der Waals surface area contributed by atoms with Gasteiger partial charge in [0.2, 0.25) is 0 Å². The predicted octanol–water partition coefficient (Wildman–Crippen LogP) is 3.68. The Balaban J connectivity index is 1.66. The van der Waals surface area contributed by atoms with Gasteiger partial charge in [0.1, 0.15) is 12.4 Å². The first-order valence-electron chi connectivity index (χ1n) is 6.85. The minimum absolute atomic E-state index is 0.167. The van der Waals surface area contributed by atoms with Crippen LogP contribution in [0.4, 0.5) is 0 Å². The van der Waals surface area contributed by atoms with Crippen LogP contribution in [0.5, 0.6) is 5.75 Å². The zero-order chi connectivity index (χ0) is 13.1. The predicted molar refractivity (Wildman–Crippen MR) is 76.9 cm³/mol. The minimum Gasteiger partial charge on any atom is -0.489 e. The van der Waals surface area contributed by atoms with Gasteiger partial charge in [-0.2, -0.15) is 0 Å². The van der Waals surface area contributed by atoms with Crippen LogP contribution in [0.15, 0.2) is 54.6 Å². The fraction of sp³-hybridized carbons (Fsp3) is 0.294. The molecule has 1 aliphatic carbocycles. The van der Waals surface area contributed by atoms with Gasteiger partial charge in [-0.05, 0) is 42.0 Å². The molecule has 0 unspecified atom stereocenters. The van der Waals surface area contributed by atoms with Gasteiger partial charge in [0.05, 0.1) is 0 Å². The lowest BCUT2D eigenvalue weighted by Gasteiger charge is -2.13. The lowest BCUT2D eigenvalue weighted by molar-refractivity contribution is 0.305. The number of benzene rings is 2. The number of nitrogens with two attached hydrogens (primary N) is 1. The summed E-state index contributed by atoms with van der Waals surface area (Å²) in [5.74, 6) is 1.57. The Labute approximate surface area is 114 Å². The van der Waals surface area contributed by atoms with E-state index in [1.165, 1.54) is 24.0 Å². The van der Waals surface area contributed by atoms with Crippen molar-refractivity contribution in [2.24, 2.45) is 11.7 Å². The summed E-state index contributed by atoms with van der Waals surface area (Å²) in [6, 6.07) is 18.6. The number of hydrogen-bond donors (Lipinski definition) is 1. The molecule has 1 fully saturated rings. The molecule has 0 spiro atoms. The van der Waals surface area contributed by atoms with E-state index in [-0.39, 0.29) is 6.04 Å². The van der Waals surface area contributed by atoms with Crippen molar-refractivity contribution in [3.05, 3.63) is 65.7 Å². The molecule has 0 amide bonds. The highest BCUT2D eigenvalue weighted by Crippen LogP contribution is 2.39. The first kappa shape index (κ1) is 12.2. The van der Waals surface area contributed by atoms with Gasteiger partial charge < -0.3 is 10.5 Å². The molecule has 1 aliphatic rings. The van der Waals surface area contributed by atoms with Crippen molar-refractivity contribution in [2.45, 2.75) is 25.5 Å². The summed E-state index contributed by atoms with van der Waals surface area (Å²) in [7, 11) is 0. The molecule has 2 nitrogen and oxygen atoms in total. The zero-order valence-electron chi connectivity index (χ0n) is 11.0. The first-order chi connectivity index (χ1) is 9.33. The molecule has 2 aromatic rings. The smallest absolute Gasteiger partial charge is 0.120 e. The minimum atomic E-state index is 0.167. The van der Waals surface area contributed by atoms with Crippen molar-refractivity contribution in [3.63, 3.8) is 0 Å². The molecular weight excluding hydrogens is 234 g/mol. The molecule has 0 aliphatic heterocycles. The Bertz CT molecular complexity index is 534. The molecule has 0 radical (unpaired) electrons. The van der Waals surface area contributed by atoms with Crippen LogP contribution < -0.4 is 10.5 Å². The highest BCUT2D eigenvalue weighted by Gasteiger charge is 2.29. The molecule has 3 rings (SSSR count). The SMILES string of the molecule is N[C@@H](c1cccc(OCc2ccccc2)c1)C1CC1. The van der Waals surface area contributed by atoms with Crippen molar-refractivity contribution in [1.29, 1.82) is 0 Å². The van der Waals surface area contributed by atoms with Crippen LogP contribution in [0.25, 0.3) is 0 Å². The Hall–Kier alpha value is -1.80. The van der Waals surface area contributed by atoms with Crippen LogP contribution in [0, 0.1) is 5.92 Å². The summed E-state index contributed by atoms with van der Waals surface area (Å²) in [5, 5.41) is 0. The average molecular weight is 253 g/mol. The molecule has 0 heterocycles. The number of rotatable bonds is 5. The van der Waals surface area contributed by atoms with Gasteiger partial charge in [-0.3, -0.25) is 0 Å². The zero-order valence-corrected chi connectivity index (χ0v) is 11.0. The van der Waals surface area contributed by atoms with E-state index < -0.39 is 0 Å². The monoisotopic (exact) mass is 253 g/mol. The van der Waals surface area contributed by atoms with Crippen molar-refractivity contribution in [3.8, 4) is 5.75 Å². The average Bonchev–Trinajstić information content (AvgIpc) is 3.30. The molecule has 2 aromatic carbocycles. The van der Waals surface area contributed by atoms with Crippen LogP contribution in [-0.2, 0) is 6.61 Å². The fourth-order valence-corrected chi connectivity index (χ4v) is 2.28. The second kappa shape index (κ2) is 5.45. The van der Waals surface area contributed by atoms with E-state index in [1.54, 1.807) is 0 Å². The summed E-state index contributed by atoms with van der Waals surface area (Å²) in [5.41, 5.74) is 8.59. The number of ether oxygens (including phenoxy) is 1. The van der Waals surface area contributed by atoms with Crippen LogP contribution in [0.1, 0.15) is 30.0 Å². The molecule has 2 heteroatoms. The summed E-state index contributed by atoms with van der Waals surface area (Å²) >= 11 is 0. The summed E-state index contributed by atoms with van der Waals surface area (Å²) in [4.78, 5) is 0. The maximum Gasteiger partial charge on any atom is 0.120 e. The third kappa shape index (κ3) is 3.15. The molecule has 1 saturated carbocycles. The summed E-state index contributed by atoms with van der Waals surface area (Å²) in [6.45, 7) is 0.600. The standard InChI is InChI=1S/C17H19NO/c18-17(14-9-10-14)15-7-4-8-16(11-15)19-12-13-5-2-1-3-6-13/h1-8,11,14,17H,9-10,12,18H2/t17-/m1/s1. The molecule has 0 aromatic heterocycles. The quantitative estimate of drug-likeness (QED) is 0.882. The Morgan fingerprint density at radius 3 is 2.58 bits per heavy atom. The van der Waals surface area contributed by atoms with Crippen molar-refractivity contribution in [1.82, 2.24) is 0 Å². The molecular formula is C17H19NO. The highest BCUT2D eigenvalue weighted by atomic mass is 16.5. The van der Waals surface area contributed by atoms with Gasteiger partial charge >= 0.3 is 0 Å². The first-order valence-corrected chi connectivity index (χ1v) is 6.85. The molecule has 2 N–H and O–H groups in total. The lowest BCUT2D eigenvalue weighted by atomic mass is 10.0. The van der Waals surface area contributed by atoms with E-state index in [9.17, 15) is 0 Å². The molecule has 19 heavy (non-hydrogen) atoms. The Kier molecular flexibility index (Phi) is 3.51. The summed E-state index contributed by atoms with van der Waals surface area (Å²) < 4.78 is 5.83. The third-order valence-corrected chi connectivity index (χ3v) is 3.62. The van der Waals surface area contributed by atoms with Crippen LogP contribution in [-0.4, -0.2) is 0 Å². The molecule has 0 saturated heterocycles. The van der Waals surface area contributed by atoms with E-state index in [4.69, 9.17) is 10.5 Å². The fourth-order valence-electron chi connectivity index (χ4n) is 2.28. The van der Waals surface area contributed by atoms with E-state index in [1.807, 2.05) is 30.3 Å². The van der Waals surface area contributed by atoms with Crippen molar-refractivity contribution >= 4 is 0 Å². The van der Waals surface area contributed by atoms with Crippen molar-refractivity contribution < 1.29 is 4.74 Å². The lowest BCUT2D eigenvalue weighted by Crippen LogP contribution is -2.12. The Morgan fingerprint density at radius 2 is 1.84 bits per heavy atom. The van der Waals surface area contributed by atoms with Gasteiger partial charge in [0, 0.05) is 6.04 Å². The van der Waals surface area contributed by atoms with Crippen LogP contribution in [0.3, 0.4) is 0 Å². The third-order valence-electron chi connectivity index (χ3n) is 3.62. The normalized spacial score (nSPS) is 16.1. The van der Waals surface area contributed by atoms with Crippen LogP contribution in [0.2, 0.25) is 0 Å². The van der Waals surface area contributed by atoms with E-state index in [2.05, 4.69) is 24.3 Å². The second-order valence-electron chi connectivity index (χ2n) is 5.21. The van der Waals surface area contributed by atoms with Gasteiger partial charge in [-0.25, -0.2) is 0 Å².